The Labute approximate surface area is 146 Å². The predicted octanol–water partition coefficient (Wildman–Crippen LogP) is 1.90. The van der Waals surface area contributed by atoms with Crippen LogP contribution in [0.2, 0.25) is 0 Å². The molecule has 2 atom stereocenters. The molecule has 0 saturated carbocycles. The molecule has 2 aliphatic heterocycles. The monoisotopic (exact) mass is 345 g/mol. The van der Waals surface area contributed by atoms with Crippen LogP contribution in [0.1, 0.15) is 46.5 Å². The molecule has 0 aromatic carbocycles. The number of carbonyl (C=O) groups excluding carboxylic acids is 2. The van der Waals surface area contributed by atoms with Gasteiger partial charge in [-0.25, -0.2) is 0 Å². The second-order valence-corrected chi connectivity index (χ2v) is 7.75. The summed E-state index contributed by atoms with van der Waals surface area (Å²) in [5.41, 5.74) is -0.368. The summed E-state index contributed by atoms with van der Waals surface area (Å²) >= 11 is 0. The van der Waals surface area contributed by atoms with Gasteiger partial charge in [0, 0.05) is 37.6 Å². The van der Waals surface area contributed by atoms with Crippen LogP contribution in [0, 0.1) is 11.3 Å². The number of rotatable bonds is 2. The number of likely N-dealkylation sites (tertiary alicyclic amines) is 2. The number of nitrogens with zero attached hydrogens (tertiary/aromatic N) is 2. The minimum Gasteiger partial charge on any atom is -0.341 e. The first kappa shape index (κ1) is 20.2. The van der Waals surface area contributed by atoms with E-state index in [4.69, 9.17) is 0 Å². The van der Waals surface area contributed by atoms with Crippen molar-refractivity contribution in [2.24, 2.45) is 11.3 Å². The number of likely N-dealkylation sites (N-methyl/N-ethyl adjacent to an activating group) is 1. The van der Waals surface area contributed by atoms with Crippen molar-refractivity contribution in [3.05, 3.63) is 0 Å². The second-order valence-electron chi connectivity index (χ2n) is 7.75. The maximum atomic E-state index is 12.8. The van der Waals surface area contributed by atoms with Crippen LogP contribution in [0.5, 0.6) is 0 Å². The van der Waals surface area contributed by atoms with Crippen molar-refractivity contribution in [2.75, 3.05) is 33.2 Å². The summed E-state index contributed by atoms with van der Waals surface area (Å²) in [4.78, 5) is 29.1. The van der Waals surface area contributed by atoms with E-state index in [2.05, 4.69) is 5.32 Å². The number of hydrogen-bond donors (Lipinski definition) is 1. The SMILES string of the molecule is CNC1CCCN(C(=O)C2CCCN(C(=O)C(C)(C)C)C2)C1.Cl. The molecule has 2 aliphatic rings. The fourth-order valence-corrected chi connectivity index (χ4v) is 3.51. The van der Waals surface area contributed by atoms with Crippen LogP contribution in [0.15, 0.2) is 0 Å². The fraction of sp³-hybridized carbons (Fsp3) is 0.882. The molecule has 0 spiro atoms. The average molecular weight is 346 g/mol. The van der Waals surface area contributed by atoms with E-state index >= 15 is 0 Å². The summed E-state index contributed by atoms with van der Waals surface area (Å²) < 4.78 is 0. The summed E-state index contributed by atoms with van der Waals surface area (Å²) in [6.45, 7) is 8.89. The van der Waals surface area contributed by atoms with Gasteiger partial charge in [0.1, 0.15) is 0 Å². The maximum Gasteiger partial charge on any atom is 0.227 e. The lowest BCUT2D eigenvalue weighted by molar-refractivity contribution is -0.145. The lowest BCUT2D eigenvalue weighted by Crippen LogP contribution is -2.53. The highest BCUT2D eigenvalue weighted by atomic mass is 35.5. The van der Waals surface area contributed by atoms with Gasteiger partial charge in [0.15, 0.2) is 0 Å². The van der Waals surface area contributed by atoms with E-state index in [1.807, 2.05) is 37.6 Å². The van der Waals surface area contributed by atoms with E-state index in [1.54, 1.807) is 0 Å². The molecule has 0 bridgehead atoms. The van der Waals surface area contributed by atoms with Crippen molar-refractivity contribution in [2.45, 2.75) is 52.5 Å². The van der Waals surface area contributed by atoms with Crippen LogP contribution in [0.3, 0.4) is 0 Å². The third-order valence-corrected chi connectivity index (χ3v) is 4.84. The summed E-state index contributed by atoms with van der Waals surface area (Å²) in [6.07, 6.45) is 4.04. The average Bonchev–Trinajstić information content (AvgIpc) is 2.52. The molecule has 0 aromatic rings. The summed E-state index contributed by atoms with van der Waals surface area (Å²) in [5.74, 6) is 0.388. The van der Waals surface area contributed by atoms with Crippen molar-refractivity contribution in [1.29, 1.82) is 0 Å². The molecule has 2 saturated heterocycles. The van der Waals surface area contributed by atoms with E-state index in [0.29, 0.717) is 12.6 Å². The first-order valence-corrected chi connectivity index (χ1v) is 8.58. The van der Waals surface area contributed by atoms with Crippen LogP contribution in [0.4, 0.5) is 0 Å². The molecule has 2 rings (SSSR count). The summed E-state index contributed by atoms with van der Waals surface area (Å²) in [6, 6.07) is 0.411. The van der Waals surface area contributed by atoms with Crippen LogP contribution < -0.4 is 5.32 Å². The normalized spacial score (nSPS) is 25.7. The first-order chi connectivity index (χ1) is 10.3. The molecular weight excluding hydrogens is 314 g/mol. The number of carbonyl (C=O) groups is 2. The molecule has 6 heteroatoms. The Morgan fingerprint density at radius 1 is 1.00 bits per heavy atom. The Bertz CT molecular complexity index is 423. The second kappa shape index (κ2) is 8.34. The Morgan fingerprint density at radius 2 is 1.61 bits per heavy atom. The van der Waals surface area contributed by atoms with Crippen molar-refractivity contribution < 1.29 is 9.59 Å². The minimum absolute atomic E-state index is 0. The van der Waals surface area contributed by atoms with Gasteiger partial charge in [-0.1, -0.05) is 20.8 Å². The third kappa shape index (κ3) is 5.08. The molecule has 0 aromatic heterocycles. The molecule has 5 nitrogen and oxygen atoms in total. The predicted molar refractivity (Wildman–Crippen MR) is 94.7 cm³/mol. The molecule has 2 heterocycles. The lowest BCUT2D eigenvalue weighted by Gasteiger charge is -2.39. The Hall–Kier alpha value is -0.810. The van der Waals surface area contributed by atoms with Gasteiger partial charge in [0.2, 0.25) is 11.8 Å². The molecule has 2 fully saturated rings. The van der Waals surface area contributed by atoms with E-state index in [-0.39, 0.29) is 35.6 Å². The highest BCUT2D eigenvalue weighted by Crippen LogP contribution is 2.25. The first-order valence-electron chi connectivity index (χ1n) is 8.58. The van der Waals surface area contributed by atoms with E-state index < -0.39 is 0 Å². The van der Waals surface area contributed by atoms with E-state index in [0.717, 1.165) is 45.3 Å². The van der Waals surface area contributed by atoms with Gasteiger partial charge in [-0.05, 0) is 32.7 Å². The number of nitrogens with one attached hydrogen (secondary N) is 1. The topological polar surface area (TPSA) is 52.7 Å². The van der Waals surface area contributed by atoms with Crippen molar-refractivity contribution in [3.8, 4) is 0 Å². The maximum absolute atomic E-state index is 12.8. The van der Waals surface area contributed by atoms with Crippen molar-refractivity contribution >= 4 is 24.2 Å². The molecule has 1 N–H and O–H groups in total. The minimum atomic E-state index is -0.368. The van der Waals surface area contributed by atoms with E-state index in [1.165, 1.54) is 0 Å². The van der Waals surface area contributed by atoms with Gasteiger partial charge in [-0.3, -0.25) is 9.59 Å². The molecule has 0 radical (unpaired) electrons. The molecule has 0 aliphatic carbocycles. The molecule has 23 heavy (non-hydrogen) atoms. The molecule has 2 unspecified atom stereocenters. The number of halogens is 1. The van der Waals surface area contributed by atoms with Crippen LogP contribution in [-0.4, -0.2) is 60.9 Å². The highest BCUT2D eigenvalue weighted by molar-refractivity contribution is 5.85. The fourth-order valence-electron chi connectivity index (χ4n) is 3.51. The zero-order chi connectivity index (χ0) is 16.3. The quantitative estimate of drug-likeness (QED) is 0.831. The zero-order valence-corrected chi connectivity index (χ0v) is 15.7. The standard InChI is InChI=1S/C17H31N3O2.ClH/c1-17(2,3)16(22)20-10-5-7-13(11-20)15(21)19-9-6-8-14(12-19)18-4;/h13-14,18H,5-12H2,1-4H3;1H. The largest absolute Gasteiger partial charge is 0.341 e. The summed E-state index contributed by atoms with van der Waals surface area (Å²) in [7, 11) is 1.96. The van der Waals surface area contributed by atoms with Gasteiger partial charge in [-0.2, -0.15) is 0 Å². The highest BCUT2D eigenvalue weighted by Gasteiger charge is 2.35. The Balaban J connectivity index is 0.00000264. The van der Waals surface area contributed by atoms with E-state index in [9.17, 15) is 9.59 Å². The molecule has 2 amide bonds. The van der Waals surface area contributed by atoms with Gasteiger partial charge < -0.3 is 15.1 Å². The number of piperidine rings is 2. The zero-order valence-electron chi connectivity index (χ0n) is 14.9. The van der Waals surface area contributed by atoms with Gasteiger partial charge in [-0.15, -0.1) is 12.4 Å². The molecule has 134 valence electrons. The van der Waals surface area contributed by atoms with Gasteiger partial charge in [0.05, 0.1) is 5.92 Å². The van der Waals surface area contributed by atoms with Gasteiger partial charge >= 0.3 is 0 Å². The Kier molecular flexibility index (Phi) is 7.33. The Morgan fingerprint density at radius 3 is 2.22 bits per heavy atom. The number of amides is 2. The van der Waals surface area contributed by atoms with Crippen LogP contribution in [0.25, 0.3) is 0 Å². The smallest absolute Gasteiger partial charge is 0.227 e. The van der Waals surface area contributed by atoms with Crippen LogP contribution >= 0.6 is 12.4 Å². The van der Waals surface area contributed by atoms with Crippen LogP contribution in [-0.2, 0) is 9.59 Å². The summed E-state index contributed by atoms with van der Waals surface area (Å²) in [5, 5.41) is 3.28. The van der Waals surface area contributed by atoms with Crippen molar-refractivity contribution in [1.82, 2.24) is 15.1 Å². The number of hydrogen-bond acceptors (Lipinski definition) is 3. The van der Waals surface area contributed by atoms with Gasteiger partial charge in [0.25, 0.3) is 0 Å². The van der Waals surface area contributed by atoms with Crippen molar-refractivity contribution in [3.63, 3.8) is 0 Å². The third-order valence-electron chi connectivity index (χ3n) is 4.84. The lowest BCUT2D eigenvalue weighted by atomic mass is 9.90. The molecular formula is C17H32ClN3O2.